The van der Waals surface area contributed by atoms with Crippen molar-refractivity contribution in [2.45, 2.75) is 6.92 Å². The van der Waals surface area contributed by atoms with E-state index in [0.29, 0.717) is 16.7 Å². The number of pyridine rings is 1. The first-order valence-corrected chi connectivity index (χ1v) is 4.84. The Morgan fingerprint density at radius 3 is 2.75 bits per heavy atom. The second-order valence-electron chi connectivity index (χ2n) is 3.50. The Kier molecular flexibility index (Phi) is 2.48. The molecule has 82 valence electrons. The van der Waals surface area contributed by atoms with Gasteiger partial charge < -0.3 is 9.72 Å². The van der Waals surface area contributed by atoms with Crippen molar-refractivity contribution in [3.8, 4) is 5.75 Å². The zero-order valence-corrected chi connectivity index (χ0v) is 9.03. The average Bonchev–Trinajstić information content (AvgIpc) is 2.28. The molecule has 1 N–H and O–H groups in total. The van der Waals surface area contributed by atoms with Crippen LogP contribution in [0.25, 0.3) is 10.9 Å². The first-order chi connectivity index (χ1) is 7.63. The van der Waals surface area contributed by atoms with Gasteiger partial charge in [-0.15, -0.1) is 0 Å². The Bertz CT molecular complexity index is 613. The molecule has 4 nitrogen and oxygen atoms in total. The topological polar surface area (TPSA) is 59.2 Å². The van der Waals surface area contributed by atoms with Gasteiger partial charge in [0, 0.05) is 17.1 Å². The molecule has 1 aromatic carbocycles. The van der Waals surface area contributed by atoms with E-state index in [0.717, 1.165) is 0 Å². The summed E-state index contributed by atoms with van der Waals surface area (Å²) in [6.07, 6.45) is 1.44. The predicted molar refractivity (Wildman–Crippen MR) is 61.1 cm³/mol. The Morgan fingerprint density at radius 1 is 1.38 bits per heavy atom. The van der Waals surface area contributed by atoms with Crippen LogP contribution in [0.3, 0.4) is 0 Å². The van der Waals surface area contributed by atoms with Crippen LogP contribution >= 0.6 is 0 Å². The summed E-state index contributed by atoms with van der Waals surface area (Å²) in [5.74, 6) is 0.352. The van der Waals surface area contributed by atoms with Crippen LogP contribution in [0.1, 0.15) is 17.3 Å². The number of hydrogen-bond donors (Lipinski definition) is 1. The van der Waals surface area contributed by atoms with Crippen LogP contribution in [0.2, 0.25) is 0 Å². The number of nitrogens with one attached hydrogen (secondary N) is 1. The largest absolute Gasteiger partial charge is 0.497 e. The van der Waals surface area contributed by atoms with Crippen molar-refractivity contribution in [1.82, 2.24) is 4.98 Å². The molecule has 2 aromatic rings. The zero-order valence-electron chi connectivity index (χ0n) is 9.03. The second kappa shape index (κ2) is 3.81. The SMILES string of the molecule is COc1ccc2[nH]cc(C(C)=O)c(=O)c2c1. The van der Waals surface area contributed by atoms with Gasteiger partial charge in [0.05, 0.1) is 12.7 Å². The Hall–Kier alpha value is -2.10. The van der Waals surface area contributed by atoms with Crippen LogP contribution in [0.15, 0.2) is 29.2 Å². The summed E-state index contributed by atoms with van der Waals surface area (Å²) >= 11 is 0. The standard InChI is InChI=1S/C12H11NO3/c1-7(14)10-6-13-11-4-3-8(16-2)5-9(11)12(10)15/h3-6H,1-2H3,(H,13,15). The molecule has 0 atom stereocenters. The molecular formula is C12H11NO3. The zero-order chi connectivity index (χ0) is 11.7. The van der Waals surface area contributed by atoms with E-state index < -0.39 is 0 Å². The van der Waals surface area contributed by atoms with Crippen molar-refractivity contribution in [2.24, 2.45) is 0 Å². The third-order valence-electron chi connectivity index (χ3n) is 2.47. The third-order valence-corrected chi connectivity index (χ3v) is 2.47. The molecule has 1 aromatic heterocycles. The highest BCUT2D eigenvalue weighted by Crippen LogP contribution is 2.16. The molecule has 0 aliphatic rings. The van der Waals surface area contributed by atoms with Gasteiger partial charge in [-0.2, -0.15) is 0 Å². The maximum Gasteiger partial charge on any atom is 0.200 e. The molecule has 0 radical (unpaired) electrons. The number of rotatable bonds is 2. The van der Waals surface area contributed by atoms with Crippen LogP contribution in [0, 0.1) is 0 Å². The first kappa shape index (κ1) is 10.4. The number of hydrogen-bond acceptors (Lipinski definition) is 3. The fourth-order valence-corrected chi connectivity index (χ4v) is 1.59. The minimum absolute atomic E-state index is 0.167. The first-order valence-electron chi connectivity index (χ1n) is 4.84. The number of benzene rings is 1. The van der Waals surface area contributed by atoms with Gasteiger partial charge in [0.25, 0.3) is 0 Å². The predicted octanol–water partition coefficient (Wildman–Crippen LogP) is 1.74. The Labute approximate surface area is 91.9 Å². The van der Waals surface area contributed by atoms with Gasteiger partial charge in [-0.1, -0.05) is 0 Å². The van der Waals surface area contributed by atoms with Gasteiger partial charge in [0.2, 0.25) is 0 Å². The van der Waals surface area contributed by atoms with Crippen molar-refractivity contribution in [1.29, 1.82) is 0 Å². The molecule has 1 heterocycles. The highest BCUT2D eigenvalue weighted by molar-refractivity contribution is 5.97. The summed E-state index contributed by atoms with van der Waals surface area (Å²) in [6, 6.07) is 5.13. The normalized spacial score (nSPS) is 10.4. The van der Waals surface area contributed by atoms with Crippen LogP contribution in [-0.2, 0) is 0 Å². The lowest BCUT2D eigenvalue weighted by molar-refractivity contribution is 0.101. The van der Waals surface area contributed by atoms with Crippen molar-refractivity contribution in [2.75, 3.05) is 7.11 Å². The minimum Gasteiger partial charge on any atom is -0.497 e. The van der Waals surface area contributed by atoms with Crippen LogP contribution in [-0.4, -0.2) is 17.9 Å². The van der Waals surface area contributed by atoms with Gasteiger partial charge in [0.15, 0.2) is 11.2 Å². The van der Waals surface area contributed by atoms with Gasteiger partial charge in [-0.3, -0.25) is 9.59 Å². The highest BCUT2D eigenvalue weighted by Gasteiger charge is 2.09. The number of ether oxygens (including phenoxy) is 1. The maximum absolute atomic E-state index is 11.9. The minimum atomic E-state index is -0.264. The molecule has 16 heavy (non-hydrogen) atoms. The number of carbonyl (C=O) groups is 1. The van der Waals surface area contributed by atoms with E-state index in [1.807, 2.05) is 0 Å². The Balaban J connectivity index is 2.81. The molecule has 0 aliphatic heterocycles. The maximum atomic E-state index is 11.9. The lowest BCUT2D eigenvalue weighted by Gasteiger charge is -2.03. The van der Waals surface area contributed by atoms with E-state index in [-0.39, 0.29) is 16.8 Å². The van der Waals surface area contributed by atoms with Crippen LogP contribution in [0.5, 0.6) is 5.75 Å². The number of ketones is 1. The number of H-pyrrole nitrogens is 1. The van der Waals surface area contributed by atoms with Crippen molar-refractivity contribution in [3.05, 3.63) is 40.2 Å². The van der Waals surface area contributed by atoms with Crippen molar-refractivity contribution < 1.29 is 9.53 Å². The van der Waals surface area contributed by atoms with E-state index >= 15 is 0 Å². The van der Waals surface area contributed by atoms with Gasteiger partial charge >= 0.3 is 0 Å². The van der Waals surface area contributed by atoms with E-state index in [9.17, 15) is 9.59 Å². The molecule has 0 saturated heterocycles. The molecule has 0 unspecified atom stereocenters. The van der Waals surface area contributed by atoms with Crippen LogP contribution < -0.4 is 10.2 Å². The number of carbonyl (C=O) groups excluding carboxylic acids is 1. The lowest BCUT2D eigenvalue weighted by atomic mass is 10.1. The lowest BCUT2D eigenvalue weighted by Crippen LogP contribution is -2.13. The number of aromatic amines is 1. The summed E-state index contributed by atoms with van der Waals surface area (Å²) in [5, 5.41) is 0.465. The van der Waals surface area contributed by atoms with Crippen molar-refractivity contribution >= 4 is 16.7 Å². The smallest absolute Gasteiger partial charge is 0.200 e. The second-order valence-corrected chi connectivity index (χ2v) is 3.50. The number of fused-ring (bicyclic) bond motifs is 1. The molecule has 0 saturated carbocycles. The van der Waals surface area contributed by atoms with E-state index in [4.69, 9.17) is 4.74 Å². The average molecular weight is 217 g/mol. The van der Waals surface area contributed by atoms with Gasteiger partial charge in [-0.25, -0.2) is 0 Å². The molecule has 0 aliphatic carbocycles. The summed E-state index contributed by atoms with van der Waals surface area (Å²) in [6.45, 7) is 1.37. The molecular weight excluding hydrogens is 206 g/mol. The summed E-state index contributed by atoms with van der Waals surface area (Å²) in [5.41, 5.74) is 0.594. The number of aromatic nitrogens is 1. The monoisotopic (exact) mass is 217 g/mol. The van der Waals surface area contributed by atoms with Gasteiger partial charge in [-0.05, 0) is 25.1 Å². The fraction of sp³-hybridized carbons (Fsp3) is 0.167. The Morgan fingerprint density at radius 2 is 2.12 bits per heavy atom. The summed E-state index contributed by atoms with van der Waals surface area (Å²) < 4.78 is 5.04. The molecule has 2 rings (SSSR count). The summed E-state index contributed by atoms with van der Waals surface area (Å²) in [7, 11) is 1.53. The summed E-state index contributed by atoms with van der Waals surface area (Å²) in [4.78, 5) is 26.1. The fourth-order valence-electron chi connectivity index (χ4n) is 1.59. The highest BCUT2D eigenvalue weighted by atomic mass is 16.5. The van der Waals surface area contributed by atoms with Gasteiger partial charge in [0.1, 0.15) is 5.75 Å². The molecule has 0 bridgehead atoms. The number of methoxy groups -OCH3 is 1. The number of Topliss-reactive ketones (excluding diaryl/α,β-unsaturated/α-hetero) is 1. The van der Waals surface area contributed by atoms with E-state index in [1.54, 1.807) is 18.2 Å². The van der Waals surface area contributed by atoms with E-state index in [2.05, 4.69) is 4.98 Å². The van der Waals surface area contributed by atoms with E-state index in [1.165, 1.54) is 20.2 Å². The molecule has 0 fully saturated rings. The van der Waals surface area contributed by atoms with Crippen molar-refractivity contribution in [3.63, 3.8) is 0 Å². The third kappa shape index (κ3) is 1.58. The molecule has 4 heteroatoms. The molecule has 0 amide bonds. The van der Waals surface area contributed by atoms with Crippen LogP contribution in [0.4, 0.5) is 0 Å². The quantitative estimate of drug-likeness (QED) is 0.779. The molecule has 0 spiro atoms.